The number of ketones is 2. The smallest absolute Gasteiger partial charge is 0.378 e. The van der Waals surface area contributed by atoms with Crippen molar-refractivity contribution in [1.82, 2.24) is 9.97 Å². The first-order valence-electron chi connectivity index (χ1n) is 3.80. The molecule has 8 heteroatoms. The second kappa shape index (κ2) is 4.26. The van der Waals surface area contributed by atoms with E-state index in [9.17, 15) is 19.2 Å². The van der Waals surface area contributed by atoms with E-state index in [1.807, 2.05) is 0 Å². The van der Waals surface area contributed by atoms with Gasteiger partial charge in [0, 0.05) is 0 Å². The van der Waals surface area contributed by atoms with Crippen LogP contribution in [0.1, 0.15) is 21.0 Å². The van der Waals surface area contributed by atoms with Crippen LogP contribution in [0.4, 0.5) is 0 Å². The fourth-order valence-corrected chi connectivity index (χ4v) is 0.804. The number of carboxylic acid groups (broad SMARTS) is 2. The zero-order chi connectivity index (χ0) is 12.3. The first kappa shape index (κ1) is 11.4. The number of hydrogen-bond acceptors (Lipinski definition) is 6. The quantitative estimate of drug-likeness (QED) is 0.491. The van der Waals surface area contributed by atoms with Gasteiger partial charge in [0.2, 0.25) is 0 Å². The monoisotopic (exact) mass is 224 g/mol. The van der Waals surface area contributed by atoms with Crippen LogP contribution in [0.5, 0.6) is 0 Å². The first-order chi connectivity index (χ1) is 7.43. The standard InChI is InChI=1S/C8H4N2O6/c11-5(7(13)14)3-1-9-2-4(10-3)6(12)8(15)16/h1-2H,(H,13,14)(H,15,16). The van der Waals surface area contributed by atoms with E-state index >= 15 is 0 Å². The molecule has 0 fully saturated rings. The maximum atomic E-state index is 10.9. The Morgan fingerprint density at radius 2 is 1.25 bits per heavy atom. The molecule has 2 N–H and O–H groups in total. The lowest BCUT2D eigenvalue weighted by molar-refractivity contribution is -0.132. The summed E-state index contributed by atoms with van der Waals surface area (Å²) in [5, 5.41) is 16.7. The zero-order valence-corrected chi connectivity index (χ0v) is 7.58. The molecule has 0 aliphatic rings. The summed E-state index contributed by atoms with van der Waals surface area (Å²) in [6.45, 7) is 0. The summed E-state index contributed by atoms with van der Waals surface area (Å²) in [4.78, 5) is 49.1. The normalized spacial score (nSPS) is 9.50. The highest BCUT2D eigenvalue weighted by atomic mass is 16.4. The first-order valence-corrected chi connectivity index (χ1v) is 3.80. The molecule has 1 aromatic heterocycles. The maximum absolute atomic E-state index is 10.9. The van der Waals surface area contributed by atoms with Crippen LogP contribution in [0.2, 0.25) is 0 Å². The summed E-state index contributed by atoms with van der Waals surface area (Å²) < 4.78 is 0. The van der Waals surface area contributed by atoms with Gasteiger partial charge in [0.15, 0.2) is 0 Å². The minimum absolute atomic E-state index is 0.598. The number of aliphatic carboxylic acids is 2. The Hall–Kier alpha value is -2.64. The van der Waals surface area contributed by atoms with Crippen LogP contribution in [0.25, 0.3) is 0 Å². The van der Waals surface area contributed by atoms with Crippen molar-refractivity contribution in [2.75, 3.05) is 0 Å². The van der Waals surface area contributed by atoms with Crippen LogP contribution in [-0.4, -0.2) is 43.7 Å². The van der Waals surface area contributed by atoms with Gasteiger partial charge in [-0.15, -0.1) is 0 Å². The number of nitrogens with zero attached hydrogens (tertiary/aromatic N) is 2. The average molecular weight is 224 g/mol. The minimum Gasteiger partial charge on any atom is -0.475 e. The summed E-state index contributed by atoms with van der Waals surface area (Å²) in [5.41, 5.74) is -1.20. The van der Waals surface area contributed by atoms with Gasteiger partial charge in [0.05, 0.1) is 12.4 Å². The van der Waals surface area contributed by atoms with E-state index < -0.39 is 34.9 Å². The van der Waals surface area contributed by atoms with Crippen molar-refractivity contribution in [1.29, 1.82) is 0 Å². The number of Topliss-reactive ketones (excluding diaryl/α,β-unsaturated/α-hetero) is 2. The van der Waals surface area contributed by atoms with E-state index in [4.69, 9.17) is 10.2 Å². The summed E-state index contributed by atoms with van der Waals surface area (Å²) in [5.74, 6) is -6.27. The molecule has 8 nitrogen and oxygen atoms in total. The van der Waals surface area contributed by atoms with Gasteiger partial charge in [-0.1, -0.05) is 0 Å². The third-order valence-electron chi connectivity index (χ3n) is 1.49. The lowest BCUT2D eigenvalue weighted by Crippen LogP contribution is -2.19. The molecular formula is C8H4N2O6. The molecule has 0 aromatic carbocycles. The molecule has 1 rings (SSSR count). The third kappa shape index (κ3) is 2.23. The summed E-state index contributed by atoms with van der Waals surface area (Å²) >= 11 is 0. The lowest BCUT2D eigenvalue weighted by Gasteiger charge is -1.97. The van der Waals surface area contributed by atoms with Crippen LogP contribution >= 0.6 is 0 Å². The van der Waals surface area contributed by atoms with E-state index in [1.165, 1.54) is 0 Å². The molecule has 0 unspecified atom stereocenters. The molecule has 0 saturated heterocycles. The Bertz CT molecular complexity index is 454. The second-order valence-electron chi connectivity index (χ2n) is 2.56. The summed E-state index contributed by atoms with van der Waals surface area (Å²) in [7, 11) is 0. The highest BCUT2D eigenvalue weighted by Crippen LogP contribution is 1.99. The Morgan fingerprint density at radius 3 is 1.56 bits per heavy atom. The lowest BCUT2D eigenvalue weighted by atomic mass is 10.2. The minimum atomic E-state index is -1.77. The average Bonchev–Trinajstić information content (AvgIpc) is 2.26. The van der Waals surface area contributed by atoms with Crippen molar-refractivity contribution in [2.45, 2.75) is 0 Å². The SMILES string of the molecule is O=C(O)C(=O)c1cncc(C(=O)C(=O)O)n1. The molecule has 82 valence electrons. The number of carbonyl (C=O) groups is 4. The second-order valence-corrected chi connectivity index (χ2v) is 2.56. The highest BCUT2D eigenvalue weighted by molar-refractivity contribution is 6.40. The van der Waals surface area contributed by atoms with Gasteiger partial charge in [0.25, 0.3) is 11.6 Å². The fraction of sp³-hybridized carbons (Fsp3) is 0. The number of carboxylic acids is 2. The van der Waals surface area contributed by atoms with Gasteiger partial charge in [-0.25, -0.2) is 14.6 Å². The number of aromatic nitrogens is 2. The van der Waals surface area contributed by atoms with E-state index in [2.05, 4.69) is 9.97 Å². The van der Waals surface area contributed by atoms with Crippen molar-refractivity contribution >= 4 is 23.5 Å². The molecule has 1 aromatic rings. The van der Waals surface area contributed by atoms with Crippen molar-refractivity contribution in [2.24, 2.45) is 0 Å². The highest BCUT2D eigenvalue weighted by Gasteiger charge is 2.21. The maximum Gasteiger partial charge on any atom is 0.378 e. The van der Waals surface area contributed by atoms with E-state index in [0.717, 1.165) is 12.4 Å². The Kier molecular flexibility index (Phi) is 3.04. The van der Waals surface area contributed by atoms with Crippen molar-refractivity contribution in [3.8, 4) is 0 Å². The number of rotatable bonds is 4. The third-order valence-corrected chi connectivity index (χ3v) is 1.49. The van der Waals surface area contributed by atoms with E-state index in [-0.39, 0.29) is 0 Å². The molecule has 0 aliphatic carbocycles. The Labute approximate surface area is 87.6 Å². The Balaban J connectivity index is 3.14. The molecule has 1 heterocycles. The van der Waals surface area contributed by atoms with Crippen LogP contribution < -0.4 is 0 Å². The molecule has 0 amide bonds. The molecule has 0 radical (unpaired) electrons. The molecule has 0 spiro atoms. The van der Waals surface area contributed by atoms with Crippen LogP contribution in [-0.2, 0) is 9.59 Å². The molecule has 0 aliphatic heterocycles. The number of hydrogen-bond donors (Lipinski definition) is 2. The van der Waals surface area contributed by atoms with Gasteiger partial charge in [-0.2, -0.15) is 0 Å². The van der Waals surface area contributed by atoms with Gasteiger partial charge in [-0.05, 0) is 0 Å². The largest absolute Gasteiger partial charge is 0.475 e. The van der Waals surface area contributed by atoms with Gasteiger partial charge >= 0.3 is 11.9 Å². The molecule has 0 atom stereocenters. The Morgan fingerprint density at radius 1 is 0.875 bits per heavy atom. The number of carbonyl (C=O) groups excluding carboxylic acids is 2. The van der Waals surface area contributed by atoms with Gasteiger partial charge in [0.1, 0.15) is 11.4 Å². The van der Waals surface area contributed by atoms with Crippen LogP contribution in [0, 0.1) is 0 Å². The topological polar surface area (TPSA) is 135 Å². The van der Waals surface area contributed by atoms with Gasteiger partial charge < -0.3 is 10.2 Å². The van der Waals surface area contributed by atoms with Crippen molar-refractivity contribution in [3.05, 3.63) is 23.8 Å². The summed E-state index contributed by atoms with van der Waals surface area (Å²) in [6.07, 6.45) is 1.66. The van der Waals surface area contributed by atoms with Gasteiger partial charge in [-0.3, -0.25) is 14.6 Å². The molecule has 0 bridgehead atoms. The van der Waals surface area contributed by atoms with Crippen molar-refractivity contribution < 1.29 is 29.4 Å². The molecular weight excluding hydrogens is 220 g/mol. The summed E-state index contributed by atoms with van der Waals surface area (Å²) in [6, 6.07) is 0. The predicted octanol–water partition coefficient (Wildman–Crippen LogP) is -0.989. The molecule has 16 heavy (non-hydrogen) atoms. The van der Waals surface area contributed by atoms with Crippen LogP contribution in [0.3, 0.4) is 0 Å². The van der Waals surface area contributed by atoms with E-state index in [0.29, 0.717) is 0 Å². The van der Waals surface area contributed by atoms with E-state index in [1.54, 1.807) is 0 Å². The molecule has 0 saturated carbocycles. The zero-order valence-electron chi connectivity index (χ0n) is 7.58. The fourth-order valence-electron chi connectivity index (χ4n) is 0.804. The van der Waals surface area contributed by atoms with Crippen molar-refractivity contribution in [3.63, 3.8) is 0 Å². The predicted molar refractivity (Wildman–Crippen MR) is 46.0 cm³/mol. The van der Waals surface area contributed by atoms with Crippen LogP contribution in [0.15, 0.2) is 12.4 Å².